The quantitative estimate of drug-likeness (QED) is 0.402. The highest BCUT2D eigenvalue weighted by molar-refractivity contribution is 8.03. The second-order valence-corrected chi connectivity index (χ2v) is 6.85. The van der Waals surface area contributed by atoms with E-state index in [0.717, 1.165) is 23.9 Å². The van der Waals surface area contributed by atoms with Gasteiger partial charge in [-0.05, 0) is 36.4 Å². The third kappa shape index (κ3) is 4.67. The molecule has 0 saturated heterocycles. The van der Waals surface area contributed by atoms with Crippen LogP contribution in [0.2, 0.25) is 0 Å². The fourth-order valence-corrected chi connectivity index (χ4v) is 3.25. The number of allylic oxidation sites excluding steroid dienone is 1. The predicted molar refractivity (Wildman–Crippen MR) is 103 cm³/mol. The molecule has 0 fully saturated rings. The molecule has 1 aliphatic rings. The molecule has 0 bridgehead atoms. The lowest BCUT2D eigenvalue weighted by Gasteiger charge is -2.14. The van der Waals surface area contributed by atoms with Crippen molar-refractivity contribution in [3.05, 3.63) is 64.2 Å². The molecular formula is C20H12F3N3O3S. The maximum atomic E-state index is 13.0. The summed E-state index contributed by atoms with van der Waals surface area (Å²) in [5.41, 5.74) is -1.07. The second-order valence-electron chi connectivity index (χ2n) is 5.86. The van der Waals surface area contributed by atoms with E-state index >= 15 is 0 Å². The Kier molecular flexibility index (Phi) is 6.19. The molecule has 0 radical (unpaired) electrons. The number of carbonyl (C=O) groups excluding carboxylic acids is 1. The molecule has 0 unspecified atom stereocenters. The van der Waals surface area contributed by atoms with Gasteiger partial charge in [0, 0.05) is 11.3 Å². The van der Waals surface area contributed by atoms with Gasteiger partial charge in [-0.15, -0.1) is 0 Å². The molecule has 1 N–H and O–H groups in total. The molecule has 0 aromatic heterocycles. The number of anilines is 1. The topological polar surface area (TPSA) is 95.1 Å². The number of halogens is 3. The van der Waals surface area contributed by atoms with E-state index in [1.54, 1.807) is 6.07 Å². The third-order valence-electron chi connectivity index (χ3n) is 3.93. The molecule has 2 aromatic rings. The Morgan fingerprint density at radius 3 is 2.60 bits per heavy atom. The monoisotopic (exact) mass is 431 g/mol. The smallest absolute Gasteiger partial charge is 0.416 e. The van der Waals surface area contributed by atoms with Crippen LogP contribution < -0.4 is 14.8 Å². The molecule has 3 rings (SSSR count). The number of rotatable bonds is 6. The first kappa shape index (κ1) is 21.1. The Balaban J connectivity index is 1.98. The van der Waals surface area contributed by atoms with Crippen molar-refractivity contribution in [2.45, 2.75) is 6.18 Å². The molecule has 10 heteroatoms. The SMILES string of the molecule is N#CCSC(Nc1cccc(C(F)(F)F)c1)=C(C#N)C(=O)c1ccc2c(c1)OCO2. The summed E-state index contributed by atoms with van der Waals surface area (Å²) in [7, 11) is 0. The van der Waals surface area contributed by atoms with E-state index in [4.69, 9.17) is 14.7 Å². The number of carbonyl (C=O) groups is 1. The van der Waals surface area contributed by atoms with E-state index < -0.39 is 17.5 Å². The van der Waals surface area contributed by atoms with Gasteiger partial charge >= 0.3 is 6.18 Å². The number of hydrogen-bond acceptors (Lipinski definition) is 7. The van der Waals surface area contributed by atoms with Gasteiger partial charge < -0.3 is 14.8 Å². The highest BCUT2D eigenvalue weighted by Crippen LogP contribution is 2.35. The fourth-order valence-electron chi connectivity index (χ4n) is 2.57. The number of nitrogens with one attached hydrogen (secondary N) is 1. The normalized spacial score (nSPS) is 13.1. The van der Waals surface area contributed by atoms with Gasteiger partial charge in [0.05, 0.1) is 22.4 Å². The molecule has 0 saturated carbocycles. The maximum Gasteiger partial charge on any atom is 0.416 e. The zero-order valence-electron chi connectivity index (χ0n) is 15.1. The van der Waals surface area contributed by atoms with Crippen LogP contribution in [0, 0.1) is 22.7 Å². The number of nitrogens with zero attached hydrogens (tertiary/aromatic N) is 2. The molecule has 0 amide bonds. The summed E-state index contributed by atoms with van der Waals surface area (Å²) in [5.74, 6) is 0.00193. The Labute approximate surface area is 173 Å². The Bertz CT molecular complexity index is 1100. The first-order valence-electron chi connectivity index (χ1n) is 8.36. The summed E-state index contributed by atoms with van der Waals surface area (Å²) in [6.45, 7) is 0.00823. The van der Waals surface area contributed by atoms with Gasteiger partial charge in [0.1, 0.15) is 11.6 Å². The van der Waals surface area contributed by atoms with E-state index in [0.29, 0.717) is 11.5 Å². The van der Waals surface area contributed by atoms with Crippen molar-refractivity contribution >= 4 is 23.2 Å². The average Bonchev–Trinajstić information content (AvgIpc) is 3.19. The minimum absolute atomic E-state index is 0.00823. The molecule has 1 aliphatic heterocycles. The number of nitriles is 2. The molecule has 1 heterocycles. The van der Waals surface area contributed by atoms with Crippen LogP contribution in [-0.2, 0) is 6.18 Å². The molecular weight excluding hydrogens is 419 g/mol. The van der Waals surface area contributed by atoms with Crippen LogP contribution in [0.5, 0.6) is 11.5 Å². The summed E-state index contributed by atoms with van der Waals surface area (Å²) in [6, 6.07) is 12.4. The van der Waals surface area contributed by atoms with Gasteiger partial charge in [0.2, 0.25) is 12.6 Å². The summed E-state index contributed by atoms with van der Waals surface area (Å²) < 4.78 is 49.3. The van der Waals surface area contributed by atoms with Crippen LogP contribution in [0.1, 0.15) is 15.9 Å². The van der Waals surface area contributed by atoms with Crippen molar-refractivity contribution in [2.75, 3.05) is 17.9 Å². The van der Waals surface area contributed by atoms with E-state index in [1.165, 1.54) is 30.3 Å². The van der Waals surface area contributed by atoms with Gasteiger partial charge in [0.15, 0.2) is 11.5 Å². The number of benzene rings is 2. The largest absolute Gasteiger partial charge is 0.454 e. The third-order valence-corrected chi connectivity index (χ3v) is 4.80. The van der Waals surface area contributed by atoms with Crippen LogP contribution in [0.25, 0.3) is 0 Å². The molecule has 152 valence electrons. The fraction of sp³-hybridized carbons (Fsp3) is 0.150. The molecule has 0 atom stereocenters. The van der Waals surface area contributed by atoms with Crippen LogP contribution in [0.3, 0.4) is 0 Å². The average molecular weight is 431 g/mol. The number of fused-ring (bicyclic) bond motifs is 1. The van der Waals surface area contributed by atoms with Crippen molar-refractivity contribution in [1.29, 1.82) is 10.5 Å². The van der Waals surface area contributed by atoms with Crippen LogP contribution in [0.4, 0.5) is 18.9 Å². The molecule has 0 spiro atoms. The number of ether oxygens (including phenoxy) is 2. The Morgan fingerprint density at radius 2 is 1.90 bits per heavy atom. The minimum atomic E-state index is -4.55. The van der Waals surface area contributed by atoms with Crippen LogP contribution in [0.15, 0.2) is 53.1 Å². The lowest BCUT2D eigenvalue weighted by Crippen LogP contribution is -2.10. The van der Waals surface area contributed by atoms with Crippen molar-refractivity contribution in [2.24, 2.45) is 0 Å². The zero-order chi connectivity index (χ0) is 21.7. The summed E-state index contributed by atoms with van der Waals surface area (Å²) in [5, 5.41) is 21.1. The first-order chi connectivity index (χ1) is 14.3. The van der Waals surface area contributed by atoms with Crippen molar-refractivity contribution in [3.8, 4) is 23.6 Å². The lowest BCUT2D eigenvalue weighted by atomic mass is 10.0. The molecule has 0 aliphatic carbocycles. The minimum Gasteiger partial charge on any atom is -0.454 e. The zero-order valence-corrected chi connectivity index (χ0v) is 15.9. The van der Waals surface area contributed by atoms with Crippen LogP contribution in [-0.4, -0.2) is 18.3 Å². The van der Waals surface area contributed by atoms with E-state index in [2.05, 4.69) is 5.32 Å². The molecule has 30 heavy (non-hydrogen) atoms. The van der Waals surface area contributed by atoms with E-state index in [1.807, 2.05) is 6.07 Å². The Hall–Kier alpha value is -3.63. The number of alkyl halides is 3. The standard InChI is InChI=1S/C20H12F3N3O3S/c21-20(22,23)13-2-1-3-14(9-13)26-19(30-7-6-24)15(10-25)18(27)12-4-5-16-17(8-12)29-11-28-16/h1-5,8-9,26H,7,11H2. The predicted octanol–water partition coefficient (Wildman–Crippen LogP) is 4.72. The van der Waals surface area contributed by atoms with E-state index in [-0.39, 0.29) is 34.4 Å². The highest BCUT2D eigenvalue weighted by atomic mass is 32.2. The van der Waals surface area contributed by atoms with Gasteiger partial charge in [-0.25, -0.2) is 0 Å². The van der Waals surface area contributed by atoms with Gasteiger partial charge in [-0.1, -0.05) is 17.8 Å². The summed E-state index contributed by atoms with van der Waals surface area (Å²) in [6.07, 6.45) is -4.55. The van der Waals surface area contributed by atoms with Crippen molar-refractivity contribution < 1.29 is 27.4 Å². The maximum absolute atomic E-state index is 13.0. The first-order valence-corrected chi connectivity index (χ1v) is 9.35. The van der Waals surface area contributed by atoms with Crippen molar-refractivity contribution in [3.63, 3.8) is 0 Å². The van der Waals surface area contributed by atoms with Gasteiger partial charge in [-0.2, -0.15) is 23.7 Å². The summed E-state index contributed by atoms with van der Waals surface area (Å²) in [4.78, 5) is 12.9. The molecule has 2 aromatic carbocycles. The summed E-state index contributed by atoms with van der Waals surface area (Å²) >= 11 is 0.838. The van der Waals surface area contributed by atoms with Gasteiger partial charge in [-0.3, -0.25) is 4.79 Å². The lowest BCUT2D eigenvalue weighted by molar-refractivity contribution is -0.137. The highest BCUT2D eigenvalue weighted by Gasteiger charge is 2.30. The number of thioether (sulfide) groups is 1. The number of Topliss-reactive ketones (excluding diaryl/α,β-unsaturated/α-hetero) is 1. The van der Waals surface area contributed by atoms with E-state index in [9.17, 15) is 23.2 Å². The van der Waals surface area contributed by atoms with Crippen LogP contribution >= 0.6 is 11.8 Å². The second kappa shape index (κ2) is 8.80. The van der Waals surface area contributed by atoms with Crippen molar-refractivity contribution in [1.82, 2.24) is 0 Å². The van der Waals surface area contributed by atoms with Gasteiger partial charge in [0.25, 0.3) is 0 Å². The number of hydrogen-bond donors (Lipinski definition) is 1. The number of ketones is 1. The molecule has 6 nitrogen and oxygen atoms in total. The Morgan fingerprint density at radius 1 is 1.13 bits per heavy atom.